The van der Waals surface area contributed by atoms with Crippen LogP contribution in [-0.4, -0.2) is 30.5 Å². The van der Waals surface area contributed by atoms with E-state index in [-0.39, 0.29) is 18.8 Å². The number of carbonyl (C=O) groups is 3. The van der Waals surface area contributed by atoms with Gasteiger partial charge in [-0.2, -0.15) is 0 Å². The Morgan fingerprint density at radius 3 is 2.81 bits per heavy atom. The first kappa shape index (κ1) is 15.0. The maximum Gasteiger partial charge on any atom is 0.316 e. The molecular weight excluding hydrogens is 276 g/mol. The standard InChI is InChI=1S/C14H16N2O5/c1-8(17)21-13-7-20-12(6-11(13)18)9-3-2-4-10(5-9)16-14(15)19/h2-5,12-13H,6-7H2,1H3,(H3,15,16,19). The molecule has 7 heteroatoms. The third-order valence-corrected chi connectivity index (χ3v) is 3.03. The van der Waals surface area contributed by atoms with Gasteiger partial charge < -0.3 is 20.5 Å². The SMILES string of the molecule is CC(=O)OC1COC(c2cccc(NC(N)=O)c2)CC1=O. The second-order valence-corrected chi connectivity index (χ2v) is 4.71. The fourth-order valence-electron chi connectivity index (χ4n) is 2.14. The van der Waals surface area contributed by atoms with Gasteiger partial charge >= 0.3 is 12.0 Å². The minimum Gasteiger partial charge on any atom is -0.452 e. The molecular formula is C14H16N2O5. The number of benzene rings is 1. The summed E-state index contributed by atoms with van der Waals surface area (Å²) < 4.78 is 10.4. The predicted octanol–water partition coefficient (Wildman–Crippen LogP) is 1.14. The molecule has 7 nitrogen and oxygen atoms in total. The first-order valence-electron chi connectivity index (χ1n) is 6.43. The molecule has 0 aromatic heterocycles. The summed E-state index contributed by atoms with van der Waals surface area (Å²) >= 11 is 0. The highest BCUT2D eigenvalue weighted by molar-refractivity contribution is 5.88. The molecule has 0 aliphatic carbocycles. The number of urea groups is 1. The van der Waals surface area contributed by atoms with Crippen LogP contribution in [0.15, 0.2) is 24.3 Å². The Morgan fingerprint density at radius 1 is 1.43 bits per heavy atom. The number of primary amides is 1. The highest BCUT2D eigenvalue weighted by atomic mass is 16.6. The molecule has 1 saturated heterocycles. The van der Waals surface area contributed by atoms with Crippen LogP contribution >= 0.6 is 0 Å². The van der Waals surface area contributed by atoms with E-state index in [2.05, 4.69) is 5.32 Å². The van der Waals surface area contributed by atoms with Crippen molar-refractivity contribution in [2.45, 2.75) is 25.6 Å². The van der Waals surface area contributed by atoms with Crippen molar-refractivity contribution in [2.24, 2.45) is 5.73 Å². The summed E-state index contributed by atoms with van der Waals surface area (Å²) in [6.07, 6.45) is -1.16. The molecule has 1 aromatic rings. The Labute approximate surface area is 121 Å². The summed E-state index contributed by atoms with van der Waals surface area (Å²) in [5.74, 6) is -0.697. The second-order valence-electron chi connectivity index (χ2n) is 4.71. The Balaban J connectivity index is 2.05. The molecule has 3 N–H and O–H groups in total. The van der Waals surface area contributed by atoms with Gasteiger partial charge in [0.25, 0.3) is 0 Å². The molecule has 1 aliphatic heterocycles. The van der Waals surface area contributed by atoms with Crippen LogP contribution in [0.5, 0.6) is 0 Å². The molecule has 21 heavy (non-hydrogen) atoms. The fraction of sp³-hybridized carbons (Fsp3) is 0.357. The van der Waals surface area contributed by atoms with Crippen LogP contribution < -0.4 is 11.1 Å². The number of nitrogens with one attached hydrogen (secondary N) is 1. The number of esters is 1. The molecule has 112 valence electrons. The Kier molecular flexibility index (Phi) is 4.54. The number of carbonyl (C=O) groups excluding carboxylic acids is 3. The van der Waals surface area contributed by atoms with Gasteiger partial charge in [-0.25, -0.2) is 4.79 Å². The maximum absolute atomic E-state index is 11.9. The van der Waals surface area contributed by atoms with E-state index >= 15 is 0 Å². The van der Waals surface area contributed by atoms with E-state index in [4.69, 9.17) is 15.2 Å². The highest BCUT2D eigenvalue weighted by Crippen LogP contribution is 2.28. The number of hydrogen-bond acceptors (Lipinski definition) is 5. The molecule has 1 aromatic carbocycles. The van der Waals surface area contributed by atoms with Gasteiger partial charge in [0.05, 0.1) is 12.7 Å². The van der Waals surface area contributed by atoms with Crippen molar-refractivity contribution < 1.29 is 23.9 Å². The van der Waals surface area contributed by atoms with Crippen molar-refractivity contribution in [3.63, 3.8) is 0 Å². The van der Waals surface area contributed by atoms with Gasteiger partial charge in [-0.1, -0.05) is 12.1 Å². The van der Waals surface area contributed by atoms with E-state index in [0.29, 0.717) is 5.69 Å². The van der Waals surface area contributed by atoms with Gasteiger partial charge in [-0.15, -0.1) is 0 Å². The fourth-order valence-corrected chi connectivity index (χ4v) is 2.14. The molecule has 0 radical (unpaired) electrons. The summed E-state index contributed by atoms with van der Waals surface area (Å²) in [7, 11) is 0. The topological polar surface area (TPSA) is 108 Å². The summed E-state index contributed by atoms with van der Waals surface area (Å²) in [5, 5.41) is 2.46. The van der Waals surface area contributed by atoms with Crippen LogP contribution in [0.2, 0.25) is 0 Å². The first-order valence-corrected chi connectivity index (χ1v) is 6.43. The number of hydrogen-bond donors (Lipinski definition) is 2. The van der Waals surface area contributed by atoms with Crippen molar-refractivity contribution >= 4 is 23.5 Å². The lowest BCUT2D eigenvalue weighted by molar-refractivity contribution is -0.165. The van der Waals surface area contributed by atoms with E-state index in [0.717, 1.165) is 5.56 Å². The number of nitrogens with two attached hydrogens (primary N) is 1. The molecule has 2 rings (SSSR count). The average Bonchev–Trinajstić information content (AvgIpc) is 2.40. The third-order valence-electron chi connectivity index (χ3n) is 3.03. The number of Topliss-reactive ketones (excluding diaryl/α,β-unsaturated/α-hetero) is 1. The Hall–Kier alpha value is -2.41. The highest BCUT2D eigenvalue weighted by Gasteiger charge is 2.32. The predicted molar refractivity (Wildman–Crippen MR) is 73.5 cm³/mol. The summed E-state index contributed by atoms with van der Waals surface area (Å²) in [4.78, 5) is 33.6. The zero-order valence-corrected chi connectivity index (χ0v) is 11.5. The number of amides is 2. The minimum absolute atomic E-state index is 0.0244. The van der Waals surface area contributed by atoms with Gasteiger partial charge in [0.1, 0.15) is 0 Å². The molecule has 2 unspecified atom stereocenters. The monoisotopic (exact) mass is 292 g/mol. The number of anilines is 1. The maximum atomic E-state index is 11.9. The van der Waals surface area contributed by atoms with Gasteiger partial charge in [0, 0.05) is 19.0 Å². The molecule has 1 fully saturated rings. The molecule has 0 spiro atoms. The van der Waals surface area contributed by atoms with Crippen LogP contribution in [0, 0.1) is 0 Å². The van der Waals surface area contributed by atoms with Gasteiger partial charge in [0.15, 0.2) is 11.9 Å². The van der Waals surface area contributed by atoms with Crippen LogP contribution in [-0.2, 0) is 19.1 Å². The Morgan fingerprint density at radius 2 is 2.19 bits per heavy atom. The number of rotatable bonds is 3. The van der Waals surface area contributed by atoms with Gasteiger partial charge in [-0.3, -0.25) is 9.59 Å². The van der Waals surface area contributed by atoms with Crippen molar-refractivity contribution in [3.8, 4) is 0 Å². The molecule has 1 aliphatic rings. The van der Waals surface area contributed by atoms with E-state index in [1.807, 2.05) is 0 Å². The minimum atomic E-state index is -0.842. The van der Waals surface area contributed by atoms with E-state index in [1.165, 1.54) is 6.92 Å². The Bertz CT molecular complexity index is 572. The zero-order valence-electron chi connectivity index (χ0n) is 11.5. The molecule has 2 atom stereocenters. The normalized spacial score (nSPS) is 21.7. The lowest BCUT2D eigenvalue weighted by Gasteiger charge is -2.28. The number of ether oxygens (including phenoxy) is 2. The van der Waals surface area contributed by atoms with E-state index < -0.39 is 24.2 Å². The largest absolute Gasteiger partial charge is 0.452 e. The van der Waals surface area contributed by atoms with Crippen LogP contribution in [0.25, 0.3) is 0 Å². The second kappa shape index (κ2) is 6.36. The van der Waals surface area contributed by atoms with Crippen LogP contribution in [0.1, 0.15) is 25.0 Å². The summed E-state index contributed by atoms with van der Waals surface area (Å²) in [6.45, 7) is 1.27. The third kappa shape index (κ3) is 4.03. The summed E-state index contributed by atoms with van der Waals surface area (Å²) in [5.41, 5.74) is 6.33. The summed E-state index contributed by atoms with van der Waals surface area (Å²) in [6, 6.07) is 6.22. The zero-order chi connectivity index (χ0) is 15.4. The van der Waals surface area contributed by atoms with Crippen LogP contribution in [0.4, 0.5) is 10.5 Å². The van der Waals surface area contributed by atoms with Crippen molar-refractivity contribution in [1.82, 2.24) is 0 Å². The van der Waals surface area contributed by atoms with Gasteiger partial charge in [0.2, 0.25) is 0 Å². The van der Waals surface area contributed by atoms with Gasteiger partial charge in [-0.05, 0) is 17.7 Å². The molecule has 2 amide bonds. The lowest BCUT2D eigenvalue weighted by atomic mass is 9.98. The van der Waals surface area contributed by atoms with Crippen molar-refractivity contribution in [1.29, 1.82) is 0 Å². The van der Waals surface area contributed by atoms with Crippen molar-refractivity contribution in [3.05, 3.63) is 29.8 Å². The molecule has 0 saturated carbocycles. The van der Waals surface area contributed by atoms with E-state index in [9.17, 15) is 14.4 Å². The van der Waals surface area contributed by atoms with E-state index in [1.54, 1.807) is 24.3 Å². The molecule has 0 bridgehead atoms. The smallest absolute Gasteiger partial charge is 0.316 e. The van der Waals surface area contributed by atoms with Crippen LogP contribution in [0.3, 0.4) is 0 Å². The lowest BCUT2D eigenvalue weighted by Crippen LogP contribution is -2.37. The first-order chi connectivity index (χ1) is 9.95. The quantitative estimate of drug-likeness (QED) is 0.812. The average molecular weight is 292 g/mol. The number of ketones is 1. The molecule has 1 heterocycles. The van der Waals surface area contributed by atoms with Crippen molar-refractivity contribution in [2.75, 3.05) is 11.9 Å².